The molecule has 0 aliphatic carbocycles. The van der Waals surface area contributed by atoms with Crippen molar-refractivity contribution in [3.8, 4) is 12.3 Å². The van der Waals surface area contributed by atoms with Crippen LogP contribution >= 0.6 is 0 Å². The Morgan fingerprint density at radius 3 is 2.57 bits per heavy atom. The molecule has 80 valence electrons. The first-order valence-corrected chi connectivity index (χ1v) is 6.29. The number of hydrogen-bond acceptors (Lipinski definition) is 3. The van der Waals surface area contributed by atoms with Crippen molar-refractivity contribution in [1.82, 2.24) is 10.0 Å². The molecule has 0 saturated carbocycles. The molecule has 0 aromatic heterocycles. The molecule has 2 N–H and O–H groups in total. The number of sulfonamides is 1. The summed E-state index contributed by atoms with van der Waals surface area (Å²) in [5.74, 6) is 2.35. The van der Waals surface area contributed by atoms with Crippen molar-refractivity contribution in [1.29, 1.82) is 0 Å². The highest BCUT2D eigenvalue weighted by molar-refractivity contribution is 7.90. The van der Waals surface area contributed by atoms with Crippen LogP contribution in [0.15, 0.2) is 0 Å². The predicted molar refractivity (Wildman–Crippen MR) is 56.2 cm³/mol. The summed E-state index contributed by atoms with van der Waals surface area (Å²) >= 11 is 0. The Bertz CT molecular complexity index is 312. The van der Waals surface area contributed by atoms with E-state index in [-0.39, 0.29) is 5.25 Å². The molecule has 0 amide bonds. The normalized spacial score (nSPS) is 21.4. The number of rotatable bonds is 3. The molecule has 0 radical (unpaired) electrons. The maximum Gasteiger partial charge on any atom is 0.215 e. The van der Waals surface area contributed by atoms with Gasteiger partial charge in [-0.05, 0) is 32.9 Å². The molecule has 1 heterocycles. The quantitative estimate of drug-likeness (QED) is 0.636. The Balaban J connectivity index is 2.60. The van der Waals surface area contributed by atoms with E-state index in [1.165, 1.54) is 0 Å². The first-order chi connectivity index (χ1) is 6.56. The van der Waals surface area contributed by atoms with Crippen LogP contribution in [-0.4, -0.2) is 32.8 Å². The monoisotopic (exact) mass is 216 g/mol. The largest absolute Gasteiger partial charge is 0.317 e. The van der Waals surface area contributed by atoms with Gasteiger partial charge in [0.2, 0.25) is 10.0 Å². The van der Waals surface area contributed by atoms with Gasteiger partial charge >= 0.3 is 0 Å². The Kier molecular flexibility index (Phi) is 3.93. The summed E-state index contributed by atoms with van der Waals surface area (Å²) in [6, 6.07) is -0.421. The molecular weight excluding hydrogens is 200 g/mol. The average molecular weight is 216 g/mol. The topological polar surface area (TPSA) is 58.2 Å². The lowest BCUT2D eigenvalue weighted by Gasteiger charge is -2.23. The van der Waals surface area contributed by atoms with Crippen LogP contribution < -0.4 is 10.0 Å². The van der Waals surface area contributed by atoms with Gasteiger partial charge in [0.1, 0.15) is 0 Å². The highest BCUT2D eigenvalue weighted by atomic mass is 32.2. The summed E-state index contributed by atoms with van der Waals surface area (Å²) in [5.41, 5.74) is 0. The van der Waals surface area contributed by atoms with Gasteiger partial charge in [-0.3, -0.25) is 0 Å². The van der Waals surface area contributed by atoms with Crippen LogP contribution in [-0.2, 0) is 10.0 Å². The molecule has 0 aromatic rings. The third kappa shape index (κ3) is 2.98. The number of nitrogens with one attached hydrogen (secondary N) is 2. The van der Waals surface area contributed by atoms with E-state index >= 15 is 0 Å². The van der Waals surface area contributed by atoms with Crippen LogP contribution in [0.1, 0.15) is 19.8 Å². The molecule has 0 aromatic carbocycles. The van der Waals surface area contributed by atoms with Gasteiger partial charge in [0.25, 0.3) is 0 Å². The van der Waals surface area contributed by atoms with Crippen molar-refractivity contribution >= 4 is 10.0 Å². The number of hydrogen-bond donors (Lipinski definition) is 2. The molecule has 1 rings (SSSR count). The fraction of sp³-hybridized carbons (Fsp3) is 0.778. The van der Waals surface area contributed by atoms with Crippen LogP contribution in [0.5, 0.6) is 0 Å². The lowest BCUT2D eigenvalue weighted by Crippen LogP contribution is -2.44. The third-order valence-electron chi connectivity index (χ3n) is 2.32. The average Bonchev–Trinajstić information content (AvgIpc) is 2.18. The van der Waals surface area contributed by atoms with Gasteiger partial charge < -0.3 is 5.32 Å². The lowest BCUT2D eigenvalue weighted by molar-refractivity contribution is 0.488. The van der Waals surface area contributed by atoms with E-state index in [0.29, 0.717) is 12.8 Å². The first kappa shape index (κ1) is 11.5. The van der Waals surface area contributed by atoms with Crippen molar-refractivity contribution in [3.63, 3.8) is 0 Å². The Labute approximate surface area is 85.5 Å². The fourth-order valence-electron chi connectivity index (χ4n) is 1.48. The standard InChI is InChI=1S/C9H16N2O2S/c1-3-8(2)11-14(12,13)9-4-6-10-7-5-9/h1,8-11H,4-7H2,2H3. The molecule has 0 spiro atoms. The zero-order valence-electron chi connectivity index (χ0n) is 8.29. The maximum atomic E-state index is 11.7. The van der Waals surface area contributed by atoms with Crippen LogP contribution in [0.2, 0.25) is 0 Å². The molecule has 1 fully saturated rings. The molecule has 1 atom stereocenters. The van der Waals surface area contributed by atoms with E-state index in [2.05, 4.69) is 16.0 Å². The molecule has 1 saturated heterocycles. The second-order valence-corrected chi connectivity index (χ2v) is 5.49. The first-order valence-electron chi connectivity index (χ1n) is 4.74. The minimum atomic E-state index is -3.23. The van der Waals surface area contributed by atoms with E-state index in [0.717, 1.165) is 13.1 Å². The van der Waals surface area contributed by atoms with E-state index in [4.69, 9.17) is 6.42 Å². The van der Waals surface area contributed by atoms with Crippen molar-refractivity contribution in [2.45, 2.75) is 31.1 Å². The summed E-state index contributed by atoms with van der Waals surface area (Å²) in [6.07, 6.45) is 6.44. The van der Waals surface area contributed by atoms with Gasteiger partial charge in [-0.25, -0.2) is 13.1 Å². The summed E-state index contributed by atoms with van der Waals surface area (Å²) in [4.78, 5) is 0. The van der Waals surface area contributed by atoms with Gasteiger partial charge in [0.05, 0.1) is 11.3 Å². The highest BCUT2D eigenvalue weighted by Crippen LogP contribution is 2.12. The van der Waals surface area contributed by atoms with E-state index in [9.17, 15) is 8.42 Å². The molecular formula is C9H16N2O2S. The zero-order valence-corrected chi connectivity index (χ0v) is 9.10. The third-order valence-corrected chi connectivity index (χ3v) is 4.35. The Hall–Kier alpha value is -0.570. The van der Waals surface area contributed by atoms with Gasteiger partial charge in [-0.2, -0.15) is 0 Å². The number of terminal acetylenes is 1. The minimum Gasteiger partial charge on any atom is -0.317 e. The smallest absolute Gasteiger partial charge is 0.215 e. The van der Waals surface area contributed by atoms with Crippen LogP contribution in [0.4, 0.5) is 0 Å². The summed E-state index contributed by atoms with van der Waals surface area (Å²) in [5, 5.41) is 2.83. The Morgan fingerprint density at radius 2 is 2.07 bits per heavy atom. The second kappa shape index (κ2) is 4.78. The summed E-state index contributed by atoms with van der Waals surface area (Å²) in [6.45, 7) is 3.19. The van der Waals surface area contributed by atoms with E-state index in [1.54, 1.807) is 6.92 Å². The van der Waals surface area contributed by atoms with Crippen LogP contribution in [0.3, 0.4) is 0 Å². The van der Waals surface area contributed by atoms with E-state index < -0.39 is 16.1 Å². The zero-order chi connectivity index (χ0) is 10.6. The van der Waals surface area contributed by atoms with E-state index in [1.807, 2.05) is 0 Å². The van der Waals surface area contributed by atoms with Gasteiger partial charge in [-0.15, -0.1) is 6.42 Å². The van der Waals surface area contributed by atoms with Gasteiger partial charge in [0.15, 0.2) is 0 Å². The maximum absolute atomic E-state index is 11.7. The lowest BCUT2D eigenvalue weighted by atomic mass is 10.2. The molecule has 0 bridgehead atoms. The molecule has 14 heavy (non-hydrogen) atoms. The van der Waals surface area contributed by atoms with Gasteiger partial charge in [0, 0.05) is 0 Å². The van der Waals surface area contributed by atoms with Crippen molar-refractivity contribution in [3.05, 3.63) is 0 Å². The molecule has 1 unspecified atom stereocenters. The highest BCUT2D eigenvalue weighted by Gasteiger charge is 2.27. The van der Waals surface area contributed by atoms with Crippen molar-refractivity contribution in [2.24, 2.45) is 0 Å². The van der Waals surface area contributed by atoms with Crippen molar-refractivity contribution in [2.75, 3.05) is 13.1 Å². The molecule has 5 heteroatoms. The summed E-state index contributed by atoms with van der Waals surface area (Å²) < 4.78 is 25.9. The predicted octanol–water partition coefficient (Wildman–Crippen LogP) is -0.320. The van der Waals surface area contributed by atoms with Crippen LogP contribution in [0.25, 0.3) is 0 Å². The molecule has 1 aliphatic rings. The second-order valence-electron chi connectivity index (χ2n) is 3.50. The Morgan fingerprint density at radius 1 is 1.50 bits per heavy atom. The number of piperidine rings is 1. The molecule has 4 nitrogen and oxygen atoms in total. The minimum absolute atomic E-state index is 0.292. The summed E-state index contributed by atoms with van der Waals surface area (Å²) in [7, 11) is -3.23. The van der Waals surface area contributed by atoms with Gasteiger partial charge in [-0.1, -0.05) is 5.92 Å². The SMILES string of the molecule is C#CC(C)NS(=O)(=O)C1CCNCC1. The molecule has 1 aliphatic heterocycles. The fourth-order valence-corrected chi connectivity index (χ4v) is 3.09. The van der Waals surface area contributed by atoms with Crippen molar-refractivity contribution < 1.29 is 8.42 Å². The van der Waals surface area contributed by atoms with Crippen LogP contribution in [0, 0.1) is 12.3 Å².